The number of phosphoric acid groups is 1. The van der Waals surface area contributed by atoms with Crippen LogP contribution < -0.4 is 0 Å². The van der Waals surface area contributed by atoms with E-state index in [0.717, 1.165) is 77.0 Å². The average molecular weight is 937 g/mol. The first-order chi connectivity index (χ1) is 31.4. The number of unbranched alkanes of at least 4 members (excludes halogenated alkanes) is 13. The predicted octanol–water partition coefficient (Wildman–Crippen LogP) is 10.1. The van der Waals surface area contributed by atoms with Crippen molar-refractivity contribution in [3.05, 3.63) is 85.1 Å². The second kappa shape index (κ2) is 40.1. The Morgan fingerprint density at radius 2 is 0.892 bits per heavy atom. The number of allylic oxidation sites excluding steroid dienone is 14. The summed E-state index contributed by atoms with van der Waals surface area (Å²) in [5.41, 5.74) is 0. The van der Waals surface area contributed by atoms with Gasteiger partial charge in [0.15, 0.2) is 6.10 Å². The van der Waals surface area contributed by atoms with Gasteiger partial charge in [-0.05, 0) is 83.5 Å². The van der Waals surface area contributed by atoms with Crippen molar-refractivity contribution in [3.63, 3.8) is 0 Å². The summed E-state index contributed by atoms with van der Waals surface area (Å²) in [4.78, 5) is 35.7. The largest absolute Gasteiger partial charge is 0.472 e. The minimum Gasteiger partial charge on any atom is -0.462 e. The van der Waals surface area contributed by atoms with Crippen LogP contribution in [0.4, 0.5) is 0 Å². The van der Waals surface area contributed by atoms with Gasteiger partial charge in [-0.1, -0.05) is 157 Å². The second-order valence-corrected chi connectivity index (χ2v) is 18.0. The predicted molar refractivity (Wildman–Crippen MR) is 258 cm³/mol. The molecule has 0 radical (unpaired) electrons. The fraction of sp³-hybridized carbons (Fsp3) is 0.686. The molecule has 0 aliphatic heterocycles. The molecule has 372 valence electrons. The van der Waals surface area contributed by atoms with Crippen LogP contribution in [0, 0.1) is 0 Å². The highest BCUT2D eigenvalue weighted by Gasteiger charge is 2.51. The molecule has 65 heavy (non-hydrogen) atoms. The lowest BCUT2D eigenvalue weighted by Crippen LogP contribution is -2.64. The Morgan fingerprint density at radius 1 is 0.492 bits per heavy atom. The molecule has 6 unspecified atom stereocenters. The van der Waals surface area contributed by atoms with Crippen molar-refractivity contribution >= 4 is 19.8 Å². The molecule has 0 bridgehead atoms. The topological polar surface area (TPSA) is 210 Å². The lowest BCUT2D eigenvalue weighted by atomic mass is 9.85. The minimum absolute atomic E-state index is 0.0124. The van der Waals surface area contributed by atoms with Crippen molar-refractivity contribution in [2.45, 2.75) is 211 Å². The summed E-state index contributed by atoms with van der Waals surface area (Å²) in [5, 5.41) is 50.2. The maximum atomic E-state index is 12.8. The molecule has 13 nitrogen and oxygen atoms in total. The van der Waals surface area contributed by atoms with E-state index in [2.05, 4.69) is 86.8 Å². The average Bonchev–Trinajstić information content (AvgIpc) is 3.29. The van der Waals surface area contributed by atoms with Gasteiger partial charge < -0.3 is 39.9 Å². The van der Waals surface area contributed by atoms with Crippen LogP contribution in [-0.2, 0) is 32.7 Å². The Balaban J connectivity index is 2.49. The zero-order chi connectivity index (χ0) is 47.8. The molecule has 0 aromatic carbocycles. The number of rotatable bonds is 39. The van der Waals surface area contributed by atoms with Gasteiger partial charge in [-0.2, -0.15) is 0 Å². The van der Waals surface area contributed by atoms with Crippen molar-refractivity contribution in [3.8, 4) is 0 Å². The van der Waals surface area contributed by atoms with E-state index in [1.54, 1.807) is 0 Å². The Bertz CT molecular complexity index is 1460. The number of hydrogen-bond donors (Lipinski definition) is 6. The van der Waals surface area contributed by atoms with Crippen molar-refractivity contribution in [2.75, 3.05) is 13.2 Å². The summed E-state index contributed by atoms with van der Waals surface area (Å²) in [5.74, 6) is -1.19. The quantitative estimate of drug-likeness (QED) is 0.0147. The van der Waals surface area contributed by atoms with Crippen LogP contribution in [0.25, 0.3) is 0 Å². The summed E-state index contributed by atoms with van der Waals surface area (Å²) in [6.07, 6.45) is 39.3. The molecule has 1 aliphatic rings. The number of aliphatic hydroxyl groups is 5. The first kappa shape index (κ1) is 60.0. The Hall–Kier alpha value is -2.97. The van der Waals surface area contributed by atoms with Crippen molar-refractivity contribution in [2.24, 2.45) is 0 Å². The minimum atomic E-state index is -5.14. The SMILES string of the molecule is CC/C=C/C/C=C/C/C=C/CCCCCCCC(=O)OC[C@H](COP(=O)(O)OC1C(O)C(O)C(O)[C@@H](O)C1O)OC(=O)CCC/C=C/C/C=C/C/C=C/C/C=C/CCCCCCCCC. The van der Waals surface area contributed by atoms with Gasteiger partial charge >= 0.3 is 19.8 Å². The zero-order valence-electron chi connectivity index (χ0n) is 39.5. The van der Waals surface area contributed by atoms with Crippen molar-refractivity contribution in [1.29, 1.82) is 0 Å². The normalized spacial score (nSPS) is 22.2. The Labute approximate surface area is 390 Å². The molecule has 0 spiro atoms. The van der Waals surface area contributed by atoms with Crippen LogP contribution in [-0.4, -0.2) is 98.3 Å². The molecule has 1 fully saturated rings. The van der Waals surface area contributed by atoms with E-state index >= 15 is 0 Å². The highest BCUT2D eigenvalue weighted by Crippen LogP contribution is 2.47. The van der Waals surface area contributed by atoms with Gasteiger partial charge in [0, 0.05) is 12.8 Å². The summed E-state index contributed by atoms with van der Waals surface area (Å²) >= 11 is 0. The standard InChI is InChI=1S/C51H85O13P/c1-3-5-7-9-11-13-15-17-19-20-21-22-23-24-26-28-30-32-34-36-38-40-45(53)63-43(42-62-65(59,60)64-51-49(57)47(55)46(54)48(56)50(51)58)41-61-44(52)39-37-35-33-31-29-27-25-18-16-14-12-10-8-6-4-2/h6,8,12,14,18-20,22-23,25-26,28,32,34,43,46-51,54-58H,3-5,7,9-11,13,15-17,21,24,27,29-31,33,35-42H2,1-2H3,(H,59,60)/b8-6+,14-12+,20-19+,23-22+,25-18+,28-26+,34-32+/t43-,46?,47-,48?,49?,50?,51?/m1/s1. The molecule has 1 saturated carbocycles. The van der Waals surface area contributed by atoms with E-state index in [1.807, 2.05) is 12.2 Å². The maximum absolute atomic E-state index is 12.8. The fourth-order valence-corrected chi connectivity index (χ4v) is 7.80. The number of aliphatic hydroxyl groups excluding tert-OH is 5. The number of carbonyl (C=O) groups excluding carboxylic acids is 2. The smallest absolute Gasteiger partial charge is 0.462 e. The van der Waals surface area contributed by atoms with E-state index in [1.165, 1.54) is 44.9 Å². The van der Waals surface area contributed by atoms with E-state index < -0.39 is 75.7 Å². The number of hydrogen-bond acceptors (Lipinski definition) is 12. The molecule has 0 aromatic rings. The highest BCUT2D eigenvalue weighted by atomic mass is 31.2. The highest BCUT2D eigenvalue weighted by molar-refractivity contribution is 7.47. The number of esters is 2. The van der Waals surface area contributed by atoms with E-state index in [0.29, 0.717) is 19.3 Å². The first-order valence-electron chi connectivity index (χ1n) is 24.4. The monoisotopic (exact) mass is 937 g/mol. The van der Waals surface area contributed by atoms with E-state index in [4.69, 9.17) is 18.5 Å². The van der Waals surface area contributed by atoms with Gasteiger partial charge in [-0.3, -0.25) is 18.6 Å². The molecular formula is C51H85O13P. The van der Waals surface area contributed by atoms with Crippen LogP contribution in [0.2, 0.25) is 0 Å². The van der Waals surface area contributed by atoms with Gasteiger partial charge in [0.1, 0.15) is 43.2 Å². The number of carbonyl (C=O) groups is 2. The fourth-order valence-electron chi connectivity index (χ4n) is 6.82. The van der Waals surface area contributed by atoms with Crippen molar-refractivity contribution in [1.82, 2.24) is 0 Å². The van der Waals surface area contributed by atoms with E-state index in [9.17, 15) is 44.6 Å². The number of ether oxygens (including phenoxy) is 2. The zero-order valence-corrected chi connectivity index (χ0v) is 40.4. The Kier molecular flexibility index (Phi) is 37.1. The van der Waals surface area contributed by atoms with Crippen LogP contribution >= 0.6 is 7.82 Å². The molecule has 0 aromatic heterocycles. The third kappa shape index (κ3) is 32.4. The number of phosphoric ester groups is 1. The van der Waals surface area contributed by atoms with Gasteiger partial charge in [-0.15, -0.1) is 0 Å². The van der Waals surface area contributed by atoms with Gasteiger partial charge in [0.2, 0.25) is 0 Å². The van der Waals surface area contributed by atoms with Crippen LogP contribution in [0.1, 0.15) is 168 Å². The Morgan fingerprint density at radius 3 is 1.38 bits per heavy atom. The first-order valence-corrected chi connectivity index (χ1v) is 25.9. The molecule has 6 N–H and O–H groups in total. The summed E-state index contributed by atoms with van der Waals surface area (Å²) < 4.78 is 33.5. The molecule has 1 aliphatic carbocycles. The second-order valence-electron chi connectivity index (χ2n) is 16.6. The van der Waals surface area contributed by atoms with Gasteiger partial charge in [-0.25, -0.2) is 4.57 Å². The van der Waals surface area contributed by atoms with Gasteiger partial charge in [0.25, 0.3) is 0 Å². The van der Waals surface area contributed by atoms with Crippen LogP contribution in [0.3, 0.4) is 0 Å². The molecule has 1 rings (SSSR count). The lowest BCUT2D eigenvalue weighted by molar-refractivity contribution is -0.220. The molecule has 0 heterocycles. The maximum Gasteiger partial charge on any atom is 0.472 e. The summed E-state index contributed by atoms with van der Waals surface area (Å²) in [7, 11) is -5.14. The molecule has 8 atom stereocenters. The molecule has 0 saturated heterocycles. The summed E-state index contributed by atoms with van der Waals surface area (Å²) in [6.45, 7) is 3.12. The summed E-state index contributed by atoms with van der Waals surface area (Å²) in [6, 6.07) is 0. The lowest BCUT2D eigenvalue weighted by Gasteiger charge is -2.41. The molecule has 0 amide bonds. The van der Waals surface area contributed by atoms with Crippen molar-refractivity contribution < 1.29 is 63.1 Å². The molecular weight excluding hydrogens is 852 g/mol. The third-order valence-electron chi connectivity index (χ3n) is 10.7. The third-order valence-corrected chi connectivity index (χ3v) is 11.7. The van der Waals surface area contributed by atoms with Gasteiger partial charge in [0.05, 0.1) is 6.61 Å². The molecule has 14 heteroatoms. The van der Waals surface area contributed by atoms with E-state index in [-0.39, 0.29) is 12.8 Å². The van der Waals surface area contributed by atoms with Crippen LogP contribution in [0.15, 0.2) is 85.1 Å². The van der Waals surface area contributed by atoms with Crippen LogP contribution in [0.5, 0.6) is 0 Å².